The summed E-state index contributed by atoms with van der Waals surface area (Å²) in [6.07, 6.45) is 3.76. The van der Waals surface area contributed by atoms with Crippen molar-refractivity contribution in [2.75, 3.05) is 0 Å². The topological polar surface area (TPSA) is 41.6 Å². The van der Waals surface area contributed by atoms with E-state index in [2.05, 4.69) is 21.5 Å². The molecule has 0 unspecified atom stereocenters. The molecule has 0 bridgehead atoms. The monoisotopic (exact) mass is 145 g/mol. The standard InChI is InChI=1S/C2H2N3.CHF3.Li/c1-3-2-5-4-1;2-1(3)4;/h1H,(H,3,4,5);1H;/q-1;;+1. The number of halogens is 3. The van der Waals surface area contributed by atoms with Crippen LogP contribution in [0.3, 0.4) is 0 Å². The van der Waals surface area contributed by atoms with E-state index in [4.69, 9.17) is 0 Å². The molecular formula is C3H3F3LiN3. The number of aromatic nitrogens is 3. The molecule has 1 N–H and O–H groups in total. The predicted octanol–water partition coefficient (Wildman–Crippen LogP) is -2.21. The molecule has 1 aromatic rings. The molecule has 0 saturated heterocycles. The van der Waals surface area contributed by atoms with E-state index >= 15 is 0 Å². The van der Waals surface area contributed by atoms with Crippen LogP contribution in [0.1, 0.15) is 0 Å². The van der Waals surface area contributed by atoms with Crippen LogP contribution in [0.5, 0.6) is 0 Å². The molecule has 0 aliphatic heterocycles. The molecular weight excluding hydrogens is 142 g/mol. The van der Waals surface area contributed by atoms with Crippen molar-refractivity contribution < 1.29 is 32.0 Å². The summed E-state index contributed by atoms with van der Waals surface area (Å²) in [6, 6.07) is 0. The average molecular weight is 145 g/mol. The first-order valence-corrected chi connectivity index (χ1v) is 1.87. The Morgan fingerprint density at radius 2 is 1.90 bits per heavy atom. The molecule has 0 aliphatic carbocycles. The molecule has 0 saturated carbocycles. The normalized spacial score (nSPS) is 7.60. The number of nitrogens with zero attached hydrogens (tertiary/aromatic N) is 2. The Balaban J connectivity index is 0. The zero-order valence-corrected chi connectivity index (χ0v) is 5.18. The Kier molecular flexibility index (Phi) is 10.4. The van der Waals surface area contributed by atoms with Crippen LogP contribution in [0, 0.1) is 6.33 Å². The van der Waals surface area contributed by atoms with E-state index in [9.17, 15) is 13.2 Å². The predicted molar refractivity (Wildman–Crippen MR) is 22.3 cm³/mol. The van der Waals surface area contributed by atoms with Crippen LogP contribution in [0.15, 0.2) is 6.33 Å². The SMILES string of the molecule is FC(F)F.[Li+].[c-]1nc[nH]n1. The Morgan fingerprint density at radius 3 is 2.00 bits per heavy atom. The van der Waals surface area contributed by atoms with Crippen LogP contribution in [-0.2, 0) is 0 Å². The fraction of sp³-hybridized carbons (Fsp3) is 0.333. The zero-order chi connectivity index (χ0) is 7.11. The second-order valence-corrected chi connectivity index (χ2v) is 0.847. The second kappa shape index (κ2) is 8.53. The molecule has 0 radical (unpaired) electrons. The molecule has 1 heterocycles. The first-order valence-electron chi connectivity index (χ1n) is 1.87. The third-order valence-corrected chi connectivity index (χ3v) is 0.295. The number of alkyl halides is 3. The summed E-state index contributed by atoms with van der Waals surface area (Å²) in [5, 5.41) is 5.81. The van der Waals surface area contributed by atoms with Gasteiger partial charge < -0.3 is 10.1 Å². The van der Waals surface area contributed by atoms with Gasteiger partial charge in [-0.05, 0) is 12.7 Å². The van der Waals surface area contributed by atoms with Crippen LogP contribution in [0.25, 0.3) is 0 Å². The Bertz CT molecular complexity index is 103. The fourth-order valence-electron chi connectivity index (χ4n) is 0.144. The Morgan fingerprint density at radius 1 is 1.40 bits per heavy atom. The molecule has 0 amide bonds. The molecule has 0 aromatic carbocycles. The van der Waals surface area contributed by atoms with Crippen molar-refractivity contribution in [3.63, 3.8) is 0 Å². The molecule has 10 heavy (non-hydrogen) atoms. The quantitative estimate of drug-likeness (QED) is 0.332. The maximum absolute atomic E-state index is 9.67. The molecule has 3 nitrogen and oxygen atoms in total. The Labute approximate surface area is 67.2 Å². The van der Waals surface area contributed by atoms with Crippen molar-refractivity contribution in [3.8, 4) is 0 Å². The summed E-state index contributed by atoms with van der Waals surface area (Å²) in [6.45, 7) is -3.67. The van der Waals surface area contributed by atoms with Crippen molar-refractivity contribution in [1.82, 2.24) is 15.2 Å². The third-order valence-electron chi connectivity index (χ3n) is 0.295. The summed E-state index contributed by atoms with van der Waals surface area (Å²) in [7, 11) is 0. The molecule has 0 spiro atoms. The van der Waals surface area contributed by atoms with Gasteiger partial charge in [0.2, 0.25) is 0 Å². The van der Waals surface area contributed by atoms with Gasteiger partial charge in [0.05, 0.1) is 0 Å². The second-order valence-electron chi connectivity index (χ2n) is 0.847. The van der Waals surface area contributed by atoms with Crippen molar-refractivity contribution in [2.45, 2.75) is 6.68 Å². The number of nitrogens with one attached hydrogen (secondary N) is 1. The molecule has 0 fully saturated rings. The van der Waals surface area contributed by atoms with Crippen LogP contribution in [0.4, 0.5) is 13.2 Å². The molecule has 52 valence electrons. The molecule has 7 heteroatoms. The van der Waals surface area contributed by atoms with Gasteiger partial charge in [0.15, 0.2) is 0 Å². The van der Waals surface area contributed by atoms with Crippen molar-refractivity contribution >= 4 is 0 Å². The minimum absolute atomic E-state index is 0. The van der Waals surface area contributed by atoms with E-state index in [0.717, 1.165) is 0 Å². The van der Waals surface area contributed by atoms with Gasteiger partial charge in [0.25, 0.3) is 0 Å². The van der Waals surface area contributed by atoms with Crippen LogP contribution < -0.4 is 18.9 Å². The van der Waals surface area contributed by atoms with E-state index in [1.807, 2.05) is 0 Å². The average Bonchev–Trinajstić information content (AvgIpc) is 2.11. The van der Waals surface area contributed by atoms with E-state index in [-0.39, 0.29) is 18.9 Å². The largest absolute Gasteiger partial charge is 1.00 e. The smallest absolute Gasteiger partial charge is 0.421 e. The minimum atomic E-state index is -3.67. The van der Waals surface area contributed by atoms with Crippen molar-refractivity contribution in [3.05, 3.63) is 12.7 Å². The summed E-state index contributed by atoms with van der Waals surface area (Å²) in [5.41, 5.74) is 0. The number of hydrogen-bond acceptors (Lipinski definition) is 2. The minimum Gasteiger partial charge on any atom is -0.421 e. The molecule has 0 aliphatic rings. The first-order chi connectivity index (χ1) is 4.23. The van der Waals surface area contributed by atoms with Gasteiger partial charge in [0, 0.05) is 0 Å². The maximum atomic E-state index is 9.67. The van der Waals surface area contributed by atoms with E-state index in [0.29, 0.717) is 0 Å². The van der Waals surface area contributed by atoms with Gasteiger partial charge in [-0.15, -0.1) is 0 Å². The van der Waals surface area contributed by atoms with Crippen LogP contribution in [0.2, 0.25) is 0 Å². The number of hydrogen-bond donors (Lipinski definition) is 1. The Hall–Kier alpha value is -0.473. The molecule has 1 aromatic heterocycles. The number of rotatable bonds is 0. The zero-order valence-electron chi connectivity index (χ0n) is 5.18. The third kappa shape index (κ3) is 15.6. The van der Waals surface area contributed by atoms with Gasteiger partial charge in [-0.25, -0.2) is 0 Å². The van der Waals surface area contributed by atoms with Crippen molar-refractivity contribution in [2.24, 2.45) is 0 Å². The molecule has 0 atom stereocenters. The number of aromatic amines is 1. The van der Waals surface area contributed by atoms with Crippen LogP contribution in [-0.4, -0.2) is 21.9 Å². The number of H-pyrrole nitrogens is 1. The van der Waals surface area contributed by atoms with E-state index < -0.39 is 6.68 Å². The van der Waals surface area contributed by atoms with Gasteiger partial charge in [-0.1, -0.05) is 0 Å². The molecule has 1 rings (SSSR count). The first kappa shape index (κ1) is 12.2. The fourth-order valence-corrected chi connectivity index (χ4v) is 0.144. The summed E-state index contributed by atoms with van der Waals surface area (Å²) < 4.78 is 29.0. The van der Waals surface area contributed by atoms with E-state index in [1.165, 1.54) is 6.33 Å². The maximum Gasteiger partial charge on any atom is 1.00 e. The van der Waals surface area contributed by atoms with Gasteiger partial charge in [-0.2, -0.15) is 13.2 Å². The van der Waals surface area contributed by atoms with Crippen LogP contribution >= 0.6 is 0 Å². The summed E-state index contributed by atoms with van der Waals surface area (Å²) >= 11 is 0. The van der Waals surface area contributed by atoms with Gasteiger partial charge >= 0.3 is 25.5 Å². The van der Waals surface area contributed by atoms with E-state index in [1.54, 1.807) is 0 Å². The van der Waals surface area contributed by atoms with Gasteiger partial charge in [-0.3, -0.25) is 5.10 Å². The van der Waals surface area contributed by atoms with Gasteiger partial charge in [0.1, 0.15) is 0 Å². The van der Waals surface area contributed by atoms with Crippen molar-refractivity contribution in [1.29, 1.82) is 0 Å². The summed E-state index contributed by atoms with van der Waals surface area (Å²) in [5.74, 6) is 0. The summed E-state index contributed by atoms with van der Waals surface area (Å²) in [4.78, 5) is 3.43.